The first-order valence-electron chi connectivity index (χ1n) is 6.66. The number of nitrogens with one attached hydrogen (secondary N) is 1. The number of hydrogen-bond acceptors (Lipinski definition) is 4. The lowest BCUT2D eigenvalue weighted by Crippen LogP contribution is -2.36. The van der Waals surface area contributed by atoms with Crippen LogP contribution >= 0.6 is 11.8 Å². The van der Waals surface area contributed by atoms with Gasteiger partial charge in [0, 0.05) is 18.6 Å². The largest absolute Gasteiger partial charge is 0.487 e. The fourth-order valence-corrected chi connectivity index (χ4v) is 2.11. The molecule has 0 amide bonds. The predicted octanol–water partition coefficient (Wildman–Crippen LogP) is 3.05. The standard InChI is InChI=1S/C15H25NO2S/c1-12(2)9-16-10-14(11-17-3)18-13-5-7-15(19-4)8-6-13/h5-8,12,14,16H,9-11H2,1-4H3. The summed E-state index contributed by atoms with van der Waals surface area (Å²) < 4.78 is 11.1. The molecule has 0 spiro atoms. The van der Waals surface area contributed by atoms with Gasteiger partial charge in [-0.25, -0.2) is 0 Å². The van der Waals surface area contributed by atoms with Crippen molar-refractivity contribution in [1.29, 1.82) is 0 Å². The van der Waals surface area contributed by atoms with Crippen LogP contribution in [0, 0.1) is 5.92 Å². The first kappa shape index (κ1) is 16.3. The Kier molecular flexibility index (Phi) is 7.94. The lowest BCUT2D eigenvalue weighted by atomic mass is 10.2. The Labute approximate surface area is 121 Å². The number of ether oxygens (including phenoxy) is 2. The molecule has 0 bridgehead atoms. The van der Waals surface area contributed by atoms with Crippen molar-refractivity contribution in [2.24, 2.45) is 5.92 Å². The van der Waals surface area contributed by atoms with Crippen LogP contribution in [0.25, 0.3) is 0 Å². The first-order valence-corrected chi connectivity index (χ1v) is 7.88. The lowest BCUT2D eigenvalue weighted by Gasteiger charge is -2.19. The van der Waals surface area contributed by atoms with Gasteiger partial charge in [-0.2, -0.15) is 0 Å². The fourth-order valence-electron chi connectivity index (χ4n) is 1.70. The minimum absolute atomic E-state index is 0.0453. The van der Waals surface area contributed by atoms with Gasteiger partial charge in [-0.15, -0.1) is 11.8 Å². The summed E-state index contributed by atoms with van der Waals surface area (Å²) in [5.41, 5.74) is 0. The van der Waals surface area contributed by atoms with E-state index < -0.39 is 0 Å². The molecule has 0 aliphatic rings. The van der Waals surface area contributed by atoms with E-state index in [1.54, 1.807) is 18.9 Å². The van der Waals surface area contributed by atoms with E-state index in [0.717, 1.165) is 18.8 Å². The summed E-state index contributed by atoms with van der Waals surface area (Å²) in [5.74, 6) is 1.54. The molecule has 108 valence electrons. The van der Waals surface area contributed by atoms with E-state index in [0.29, 0.717) is 12.5 Å². The Morgan fingerprint density at radius 2 is 1.84 bits per heavy atom. The highest BCUT2D eigenvalue weighted by Crippen LogP contribution is 2.19. The highest BCUT2D eigenvalue weighted by atomic mass is 32.2. The van der Waals surface area contributed by atoms with Crippen molar-refractivity contribution in [3.8, 4) is 5.75 Å². The smallest absolute Gasteiger partial charge is 0.134 e. The Morgan fingerprint density at radius 1 is 1.16 bits per heavy atom. The van der Waals surface area contributed by atoms with Gasteiger partial charge in [0.1, 0.15) is 11.9 Å². The maximum Gasteiger partial charge on any atom is 0.134 e. The molecule has 0 aliphatic heterocycles. The molecule has 19 heavy (non-hydrogen) atoms. The summed E-state index contributed by atoms with van der Waals surface area (Å²) >= 11 is 1.73. The average Bonchev–Trinajstić information content (AvgIpc) is 2.39. The second-order valence-corrected chi connectivity index (χ2v) is 5.80. The van der Waals surface area contributed by atoms with E-state index >= 15 is 0 Å². The SMILES string of the molecule is COCC(CNCC(C)C)Oc1ccc(SC)cc1. The van der Waals surface area contributed by atoms with Crippen LogP contribution in [0.1, 0.15) is 13.8 Å². The lowest BCUT2D eigenvalue weighted by molar-refractivity contribution is 0.0802. The van der Waals surface area contributed by atoms with E-state index in [1.807, 2.05) is 12.1 Å². The third-order valence-electron chi connectivity index (χ3n) is 2.64. The summed E-state index contributed by atoms with van der Waals surface area (Å²) in [7, 11) is 1.70. The van der Waals surface area contributed by atoms with Gasteiger partial charge in [-0.3, -0.25) is 0 Å². The zero-order valence-corrected chi connectivity index (χ0v) is 13.1. The molecule has 0 aromatic heterocycles. The molecule has 0 fully saturated rings. The predicted molar refractivity (Wildman–Crippen MR) is 82.2 cm³/mol. The summed E-state index contributed by atoms with van der Waals surface area (Å²) in [6.07, 6.45) is 2.11. The molecule has 0 heterocycles. The number of rotatable bonds is 9. The van der Waals surface area contributed by atoms with Crippen molar-refractivity contribution in [1.82, 2.24) is 5.32 Å². The molecule has 1 N–H and O–H groups in total. The van der Waals surface area contributed by atoms with Crippen LogP contribution in [0.15, 0.2) is 29.2 Å². The Bertz CT molecular complexity index is 341. The van der Waals surface area contributed by atoms with Gasteiger partial charge < -0.3 is 14.8 Å². The van der Waals surface area contributed by atoms with E-state index in [-0.39, 0.29) is 6.10 Å². The molecule has 1 unspecified atom stereocenters. The molecule has 1 atom stereocenters. The zero-order valence-electron chi connectivity index (χ0n) is 12.3. The van der Waals surface area contributed by atoms with Crippen molar-refractivity contribution in [2.75, 3.05) is 33.1 Å². The van der Waals surface area contributed by atoms with Crippen molar-refractivity contribution < 1.29 is 9.47 Å². The van der Waals surface area contributed by atoms with Crippen LogP contribution in [0.2, 0.25) is 0 Å². The minimum atomic E-state index is 0.0453. The van der Waals surface area contributed by atoms with Gasteiger partial charge in [0.15, 0.2) is 0 Å². The van der Waals surface area contributed by atoms with Gasteiger partial charge in [0.25, 0.3) is 0 Å². The summed E-state index contributed by atoms with van der Waals surface area (Å²) in [5, 5.41) is 3.40. The van der Waals surface area contributed by atoms with Gasteiger partial charge in [-0.05, 0) is 43.0 Å². The molecule has 3 nitrogen and oxygen atoms in total. The molecular weight excluding hydrogens is 258 g/mol. The minimum Gasteiger partial charge on any atom is -0.487 e. The molecule has 1 rings (SSSR count). The Hall–Kier alpha value is -0.710. The van der Waals surface area contributed by atoms with Gasteiger partial charge >= 0.3 is 0 Å². The van der Waals surface area contributed by atoms with Crippen LogP contribution in [0.4, 0.5) is 0 Å². The van der Waals surface area contributed by atoms with Crippen molar-refractivity contribution >= 4 is 11.8 Å². The Balaban J connectivity index is 2.46. The van der Waals surface area contributed by atoms with Gasteiger partial charge in [-0.1, -0.05) is 13.8 Å². The number of benzene rings is 1. The normalized spacial score (nSPS) is 12.7. The maximum absolute atomic E-state index is 5.94. The van der Waals surface area contributed by atoms with Crippen LogP contribution in [-0.2, 0) is 4.74 Å². The van der Waals surface area contributed by atoms with Crippen LogP contribution < -0.4 is 10.1 Å². The van der Waals surface area contributed by atoms with E-state index in [4.69, 9.17) is 9.47 Å². The van der Waals surface area contributed by atoms with E-state index in [9.17, 15) is 0 Å². The number of methoxy groups -OCH3 is 1. The maximum atomic E-state index is 5.94. The molecule has 0 radical (unpaired) electrons. The van der Waals surface area contributed by atoms with Crippen LogP contribution in [0.5, 0.6) is 5.75 Å². The molecule has 0 aliphatic carbocycles. The summed E-state index contributed by atoms with van der Waals surface area (Å²) in [6.45, 7) is 6.78. The quantitative estimate of drug-likeness (QED) is 0.706. The van der Waals surface area contributed by atoms with E-state index in [2.05, 4.69) is 37.6 Å². The molecule has 1 aromatic carbocycles. The van der Waals surface area contributed by atoms with Gasteiger partial charge in [0.05, 0.1) is 6.61 Å². The highest BCUT2D eigenvalue weighted by Gasteiger charge is 2.10. The molecule has 4 heteroatoms. The van der Waals surface area contributed by atoms with E-state index in [1.165, 1.54) is 4.90 Å². The fraction of sp³-hybridized carbons (Fsp3) is 0.600. The second-order valence-electron chi connectivity index (χ2n) is 4.92. The Morgan fingerprint density at radius 3 is 2.37 bits per heavy atom. The zero-order chi connectivity index (χ0) is 14.1. The summed E-state index contributed by atoms with van der Waals surface area (Å²) in [6, 6.07) is 8.17. The molecule has 1 aromatic rings. The average molecular weight is 283 g/mol. The monoisotopic (exact) mass is 283 g/mol. The number of hydrogen-bond donors (Lipinski definition) is 1. The van der Waals surface area contributed by atoms with Crippen LogP contribution in [0.3, 0.4) is 0 Å². The first-order chi connectivity index (χ1) is 9.15. The third-order valence-corrected chi connectivity index (χ3v) is 3.38. The van der Waals surface area contributed by atoms with Crippen molar-refractivity contribution in [3.63, 3.8) is 0 Å². The second kappa shape index (κ2) is 9.23. The highest BCUT2D eigenvalue weighted by molar-refractivity contribution is 7.98. The van der Waals surface area contributed by atoms with Crippen molar-refractivity contribution in [3.05, 3.63) is 24.3 Å². The molecular formula is C15H25NO2S. The number of thioether (sulfide) groups is 1. The molecule has 0 saturated heterocycles. The topological polar surface area (TPSA) is 30.5 Å². The van der Waals surface area contributed by atoms with Gasteiger partial charge in [0.2, 0.25) is 0 Å². The van der Waals surface area contributed by atoms with Crippen LogP contribution in [-0.4, -0.2) is 39.2 Å². The van der Waals surface area contributed by atoms with Crippen molar-refractivity contribution in [2.45, 2.75) is 24.8 Å². The summed E-state index contributed by atoms with van der Waals surface area (Å²) in [4.78, 5) is 1.24. The molecule has 0 saturated carbocycles. The third kappa shape index (κ3) is 6.85.